The summed E-state index contributed by atoms with van der Waals surface area (Å²) in [5.74, 6) is -2.32. The van der Waals surface area contributed by atoms with Crippen LogP contribution in [0.2, 0.25) is 5.02 Å². The third-order valence-electron chi connectivity index (χ3n) is 4.16. The lowest BCUT2D eigenvalue weighted by molar-refractivity contribution is -0.138. The summed E-state index contributed by atoms with van der Waals surface area (Å²) in [5.41, 5.74) is -1.88. The van der Waals surface area contributed by atoms with Crippen molar-refractivity contribution < 1.29 is 27.5 Å². The molecule has 1 atom stereocenters. The topological polar surface area (TPSA) is 67.4 Å². The molecule has 2 amide bonds. The molecule has 0 aromatic heterocycles. The lowest BCUT2D eigenvalue weighted by Crippen LogP contribution is -2.44. The van der Waals surface area contributed by atoms with Gasteiger partial charge in [-0.3, -0.25) is 9.59 Å². The largest absolute Gasteiger partial charge is 0.418 e. The van der Waals surface area contributed by atoms with Gasteiger partial charge in [-0.25, -0.2) is 0 Å². The molecule has 0 radical (unpaired) electrons. The first-order valence-electron chi connectivity index (χ1n) is 8.13. The van der Waals surface area contributed by atoms with Gasteiger partial charge < -0.3 is 15.4 Å². The van der Waals surface area contributed by atoms with Gasteiger partial charge >= 0.3 is 18.0 Å². The second-order valence-electron chi connectivity index (χ2n) is 6.13. The highest BCUT2D eigenvalue weighted by atomic mass is 35.5. The highest BCUT2D eigenvalue weighted by molar-refractivity contribution is 6.39. The number of alkyl halides is 3. The average Bonchev–Trinajstić information content (AvgIpc) is 2.65. The third-order valence-corrected chi connectivity index (χ3v) is 4.39. The molecular formula is C19H18ClF3N2O3. The minimum atomic E-state index is -4.67. The molecule has 0 unspecified atom stereocenters. The zero-order valence-corrected chi connectivity index (χ0v) is 15.8. The molecule has 2 aromatic carbocycles. The van der Waals surface area contributed by atoms with E-state index in [1.165, 1.54) is 19.2 Å². The summed E-state index contributed by atoms with van der Waals surface area (Å²) in [5, 5.41) is 4.82. The summed E-state index contributed by atoms with van der Waals surface area (Å²) in [6.07, 6.45) is -4.67. The smallest absolute Gasteiger partial charge is 0.372 e. The molecule has 0 aliphatic heterocycles. The van der Waals surface area contributed by atoms with E-state index >= 15 is 0 Å². The third kappa shape index (κ3) is 5.24. The van der Waals surface area contributed by atoms with Crippen molar-refractivity contribution in [3.8, 4) is 0 Å². The highest BCUT2D eigenvalue weighted by Crippen LogP contribution is 2.34. The Morgan fingerprint density at radius 1 is 1.07 bits per heavy atom. The van der Waals surface area contributed by atoms with E-state index in [0.29, 0.717) is 10.6 Å². The molecule has 150 valence electrons. The number of hydrogen-bond acceptors (Lipinski definition) is 3. The van der Waals surface area contributed by atoms with Crippen LogP contribution < -0.4 is 10.6 Å². The normalized spacial score (nSPS) is 13.5. The molecule has 0 aliphatic carbocycles. The lowest BCUT2D eigenvalue weighted by atomic mass is 9.95. The predicted octanol–water partition coefficient (Wildman–Crippen LogP) is 3.98. The molecule has 5 nitrogen and oxygen atoms in total. The summed E-state index contributed by atoms with van der Waals surface area (Å²) >= 11 is 5.96. The maximum atomic E-state index is 13.0. The Hall–Kier alpha value is -2.58. The number of benzene rings is 2. The minimum absolute atomic E-state index is 0.100. The SMILES string of the molecule is CO[C@](C)(CNC(=O)C(=O)Nc1ccccc1C(F)(F)F)c1cccc(Cl)c1. The summed E-state index contributed by atoms with van der Waals surface area (Å²) in [6.45, 7) is 1.58. The van der Waals surface area contributed by atoms with Crippen LogP contribution in [0.1, 0.15) is 18.1 Å². The Kier molecular flexibility index (Phi) is 6.69. The molecule has 28 heavy (non-hydrogen) atoms. The van der Waals surface area contributed by atoms with Gasteiger partial charge in [-0.1, -0.05) is 35.9 Å². The van der Waals surface area contributed by atoms with Gasteiger partial charge in [0.05, 0.1) is 17.8 Å². The molecule has 2 rings (SSSR count). The standard InChI is InChI=1S/C19H18ClF3N2O3/c1-18(28-2,12-6-5-7-13(20)10-12)11-24-16(26)17(27)25-15-9-4-3-8-14(15)19(21,22)23/h3-10H,11H2,1-2H3,(H,24,26)(H,25,27)/t18-/m1/s1. The first kappa shape index (κ1) is 21.7. The van der Waals surface area contributed by atoms with Crippen LogP contribution in [0.5, 0.6) is 0 Å². The van der Waals surface area contributed by atoms with Crippen molar-refractivity contribution >= 4 is 29.1 Å². The van der Waals surface area contributed by atoms with Crippen molar-refractivity contribution in [2.24, 2.45) is 0 Å². The number of rotatable bonds is 5. The maximum absolute atomic E-state index is 13.0. The Bertz CT molecular complexity index is 873. The van der Waals surface area contributed by atoms with E-state index in [9.17, 15) is 22.8 Å². The number of anilines is 1. The summed E-state index contributed by atoms with van der Waals surface area (Å²) in [7, 11) is 1.42. The zero-order valence-electron chi connectivity index (χ0n) is 15.1. The number of amides is 2. The van der Waals surface area contributed by atoms with Gasteiger partial charge in [-0.15, -0.1) is 0 Å². The van der Waals surface area contributed by atoms with Crippen LogP contribution in [0.3, 0.4) is 0 Å². The monoisotopic (exact) mass is 414 g/mol. The van der Waals surface area contributed by atoms with Gasteiger partial charge in [0.1, 0.15) is 5.60 Å². The van der Waals surface area contributed by atoms with Crippen molar-refractivity contribution in [3.63, 3.8) is 0 Å². The van der Waals surface area contributed by atoms with Crippen molar-refractivity contribution in [2.45, 2.75) is 18.7 Å². The molecule has 9 heteroatoms. The number of ether oxygens (including phenoxy) is 1. The number of para-hydroxylation sites is 1. The number of methoxy groups -OCH3 is 1. The number of halogens is 4. The van der Waals surface area contributed by atoms with Gasteiger partial charge in [-0.05, 0) is 36.8 Å². The molecular weight excluding hydrogens is 397 g/mol. The predicted molar refractivity (Wildman–Crippen MR) is 98.9 cm³/mol. The van der Waals surface area contributed by atoms with Crippen LogP contribution >= 0.6 is 11.6 Å². The molecule has 0 heterocycles. The van der Waals surface area contributed by atoms with Crippen LogP contribution in [-0.4, -0.2) is 25.5 Å². The minimum Gasteiger partial charge on any atom is -0.372 e. The fraction of sp³-hybridized carbons (Fsp3) is 0.263. The Morgan fingerprint density at radius 2 is 1.75 bits per heavy atom. The molecule has 0 fully saturated rings. The van der Waals surface area contributed by atoms with E-state index in [1.807, 2.05) is 5.32 Å². The zero-order chi connectivity index (χ0) is 20.9. The van der Waals surface area contributed by atoms with Crippen molar-refractivity contribution in [3.05, 3.63) is 64.7 Å². The molecule has 0 saturated heterocycles. The van der Waals surface area contributed by atoms with Gasteiger partial charge in [0.2, 0.25) is 0 Å². The molecule has 0 bridgehead atoms. The second kappa shape index (κ2) is 8.62. The van der Waals surface area contributed by atoms with E-state index in [0.717, 1.165) is 12.1 Å². The van der Waals surface area contributed by atoms with Crippen LogP contribution in [0.25, 0.3) is 0 Å². The quantitative estimate of drug-likeness (QED) is 0.727. The fourth-order valence-electron chi connectivity index (χ4n) is 2.46. The van der Waals surface area contributed by atoms with Gasteiger partial charge in [0.25, 0.3) is 0 Å². The second-order valence-corrected chi connectivity index (χ2v) is 6.56. The van der Waals surface area contributed by atoms with Crippen LogP contribution in [0.4, 0.5) is 18.9 Å². The Balaban J connectivity index is 2.08. The number of carbonyl (C=O) groups excluding carboxylic acids is 2. The fourth-order valence-corrected chi connectivity index (χ4v) is 2.65. The van der Waals surface area contributed by atoms with E-state index < -0.39 is 34.8 Å². The average molecular weight is 415 g/mol. The number of carbonyl (C=O) groups is 2. The van der Waals surface area contributed by atoms with Crippen LogP contribution in [-0.2, 0) is 26.1 Å². The summed E-state index contributed by atoms with van der Waals surface area (Å²) in [6, 6.07) is 11.2. The van der Waals surface area contributed by atoms with Crippen molar-refractivity contribution in [1.82, 2.24) is 5.32 Å². The van der Waals surface area contributed by atoms with E-state index in [2.05, 4.69) is 5.32 Å². The lowest BCUT2D eigenvalue weighted by Gasteiger charge is -2.29. The highest BCUT2D eigenvalue weighted by Gasteiger charge is 2.34. The van der Waals surface area contributed by atoms with Gasteiger partial charge in [0, 0.05) is 12.1 Å². The number of nitrogens with one attached hydrogen (secondary N) is 2. The molecule has 2 aromatic rings. The molecule has 0 aliphatic rings. The summed E-state index contributed by atoms with van der Waals surface area (Å²) < 4.78 is 44.4. The Labute approximate surface area is 164 Å². The van der Waals surface area contributed by atoms with Gasteiger partial charge in [-0.2, -0.15) is 13.2 Å². The first-order valence-corrected chi connectivity index (χ1v) is 8.51. The van der Waals surface area contributed by atoms with Crippen molar-refractivity contribution in [1.29, 1.82) is 0 Å². The van der Waals surface area contributed by atoms with Crippen LogP contribution in [0, 0.1) is 0 Å². The van der Waals surface area contributed by atoms with Crippen molar-refractivity contribution in [2.75, 3.05) is 19.0 Å². The van der Waals surface area contributed by atoms with E-state index in [1.54, 1.807) is 31.2 Å². The summed E-state index contributed by atoms with van der Waals surface area (Å²) in [4.78, 5) is 24.1. The molecule has 0 saturated carbocycles. The molecule has 2 N–H and O–H groups in total. The number of hydrogen-bond donors (Lipinski definition) is 2. The first-order chi connectivity index (χ1) is 13.1. The Morgan fingerprint density at radius 3 is 2.36 bits per heavy atom. The van der Waals surface area contributed by atoms with Crippen LogP contribution in [0.15, 0.2) is 48.5 Å². The van der Waals surface area contributed by atoms with Gasteiger partial charge in [0.15, 0.2) is 0 Å². The molecule has 0 spiro atoms. The van der Waals surface area contributed by atoms with E-state index in [-0.39, 0.29) is 6.54 Å². The maximum Gasteiger partial charge on any atom is 0.418 e. The van der Waals surface area contributed by atoms with E-state index in [4.69, 9.17) is 16.3 Å².